The SMILES string of the molecule is CC[C@H](C)C([C@@H](CC(=O)N1C2=C[C@H]2C[C@H]1[C@H](OC)[C@@H](C)C(=O)NC(Cc1ccccc1)C(=O)O)OC)N(C)C(=O)[C@@H](NC(=O)[C@@H](NC)C(C)C)C(C)C. The fourth-order valence-electron chi connectivity index (χ4n) is 7.71. The van der Waals surface area contributed by atoms with Gasteiger partial charge in [-0.1, -0.05) is 91.3 Å². The van der Waals surface area contributed by atoms with Crippen LogP contribution in [-0.2, 0) is 39.9 Å². The topological polar surface area (TPSA) is 167 Å². The number of carboxylic acid groups (broad SMARTS) is 1. The van der Waals surface area contributed by atoms with Gasteiger partial charge in [-0.05, 0) is 36.8 Å². The van der Waals surface area contributed by atoms with E-state index in [-0.39, 0.29) is 54.2 Å². The number of carbonyl (C=O) groups is 5. The van der Waals surface area contributed by atoms with E-state index in [0.717, 1.165) is 11.3 Å². The van der Waals surface area contributed by atoms with Gasteiger partial charge >= 0.3 is 5.97 Å². The molecule has 1 aromatic rings. The van der Waals surface area contributed by atoms with E-state index in [1.165, 1.54) is 14.2 Å². The van der Waals surface area contributed by atoms with Gasteiger partial charge in [-0.15, -0.1) is 0 Å². The largest absolute Gasteiger partial charge is 0.480 e. The molecule has 4 amide bonds. The molecule has 1 aliphatic carbocycles. The highest BCUT2D eigenvalue weighted by atomic mass is 16.5. The van der Waals surface area contributed by atoms with E-state index in [1.807, 2.05) is 78.0 Å². The number of likely N-dealkylation sites (N-methyl/N-ethyl adjacent to an activating group) is 2. The Bertz CT molecular complexity index is 1450. The number of carbonyl (C=O) groups excluding carboxylic acids is 4. The van der Waals surface area contributed by atoms with Crippen molar-refractivity contribution in [3.05, 3.63) is 47.7 Å². The number of nitrogens with zero attached hydrogens (tertiary/aromatic N) is 2. The number of methoxy groups -OCH3 is 2. The molecule has 3 rings (SSSR count). The molecular formula is C40H63N5O8. The molecule has 13 nitrogen and oxygen atoms in total. The lowest BCUT2D eigenvalue weighted by atomic mass is 9.89. The zero-order valence-corrected chi connectivity index (χ0v) is 33.4. The highest BCUT2D eigenvalue weighted by molar-refractivity contribution is 5.90. The first kappa shape index (κ1) is 43.6. The molecule has 1 aliphatic heterocycles. The number of hydrogen-bond donors (Lipinski definition) is 4. The monoisotopic (exact) mass is 741 g/mol. The van der Waals surface area contributed by atoms with Crippen molar-refractivity contribution in [3.63, 3.8) is 0 Å². The lowest BCUT2D eigenvalue weighted by molar-refractivity contribution is -0.147. The maximum atomic E-state index is 14.3. The second-order valence-corrected chi connectivity index (χ2v) is 15.4. The van der Waals surface area contributed by atoms with Crippen LogP contribution < -0.4 is 16.0 Å². The van der Waals surface area contributed by atoms with E-state index in [0.29, 0.717) is 12.8 Å². The van der Waals surface area contributed by atoms with Crippen molar-refractivity contribution in [3.8, 4) is 0 Å². The third kappa shape index (κ3) is 10.7. The minimum Gasteiger partial charge on any atom is -0.480 e. The van der Waals surface area contributed by atoms with Crippen molar-refractivity contribution in [2.24, 2.45) is 29.6 Å². The van der Waals surface area contributed by atoms with Gasteiger partial charge in [0.15, 0.2) is 0 Å². The Hall–Kier alpha value is -3.81. The van der Waals surface area contributed by atoms with Gasteiger partial charge < -0.3 is 40.3 Å². The van der Waals surface area contributed by atoms with Gasteiger partial charge in [-0.25, -0.2) is 4.79 Å². The Morgan fingerprint density at radius 1 is 0.925 bits per heavy atom. The van der Waals surface area contributed by atoms with Gasteiger partial charge in [0.1, 0.15) is 12.1 Å². The molecule has 0 radical (unpaired) electrons. The average molecular weight is 742 g/mol. The zero-order valence-electron chi connectivity index (χ0n) is 33.4. The maximum Gasteiger partial charge on any atom is 0.326 e. The van der Waals surface area contributed by atoms with E-state index in [4.69, 9.17) is 9.47 Å². The van der Waals surface area contributed by atoms with E-state index < -0.39 is 60.2 Å². The summed E-state index contributed by atoms with van der Waals surface area (Å²) in [7, 11) is 6.46. The van der Waals surface area contributed by atoms with Crippen LogP contribution in [-0.4, -0.2) is 115 Å². The molecule has 10 atom stereocenters. The molecule has 53 heavy (non-hydrogen) atoms. The van der Waals surface area contributed by atoms with E-state index in [9.17, 15) is 29.1 Å². The molecule has 2 unspecified atom stereocenters. The minimum absolute atomic E-state index is 0.0179. The van der Waals surface area contributed by atoms with E-state index in [2.05, 4.69) is 16.0 Å². The quantitative estimate of drug-likeness (QED) is 0.148. The first-order valence-corrected chi connectivity index (χ1v) is 18.9. The summed E-state index contributed by atoms with van der Waals surface area (Å²) in [4.78, 5) is 70.7. The third-order valence-corrected chi connectivity index (χ3v) is 11.0. The Morgan fingerprint density at radius 2 is 1.55 bits per heavy atom. The molecule has 1 saturated heterocycles. The van der Waals surface area contributed by atoms with Crippen LogP contribution in [0.2, 0.25) is 0 Å². The molecule has 0 aromatic heterocycles. The molecule has 296 valence electrons. The third-order valence-electron chi connectivity index (χ3n) is 11.0. The molecular weight excluding hydrogens is 678 g/mol. The molecule has 0 saturated carbocycles. The summed E-state index contributed by atoms with van der Waals surface area (Å²) in [5.41, 5.74) is 1.65. The standard InChI is InChI=1S/C40H63N5O8/c1-12-24(6)35(44(9)39(49)34(23(4)5)43-38(48)33(41-8)22(2)3)31(52-10)21-32(46)45-29-19-27(29)20-30(45)36(53-11)25(7)37(47)42-28(40(50)51)18-26-16-14-13-15-17-26/h13-17,19,22-25,27-28,30-31,33-36,41H,12,18,20-21H2,1-11H3,(H,42,47)(H,43,48)(H,50,51)/t24-,25+,27-,28?,30-,31+,33-,34-,35?,36+/m0/s1. The normalized spacial score (nSPS) is 21.0. The number of benzene rings is 1. The minimum atomic E-state index is -1.14. The number of hydrogen-bond acceptors (Lipinski definition) is 8. The second-order valence-electron chi connectivity index (χ2n) is 15.4. The number of ether oxygens (including phenoxy) is 2. The number of carboxylic acids is 1. The summed E-state index contributed by atoms with van der Waals surface area (Å²) in [6, 6.07) is 5.76. The molecule has 0 bridgehead atoms. The maximum absolute atomic E-state index is 14.3. The predicted molar refractivity (Wildman–Crippen MR) is 202 cm³/mol. The summed E-state index contributed by atoms with van der Waals surface area (Å²) in [6.45, 7) is 13.4. The van der Waals surface area contributed by atoms with Gasteiger partial charge in [0.2, 0.25) is 23.6 Å². The summed E-state index contributed by atoms with van der Waals surface area (Å²) in [5, 5.41) is 18.6. The highest BCUT2D eigenvalue weighted by Crippen LogP contribution is 2.48. The summed E-state index contributed by atoms with van der Waals surface area (Å²) in [6.07, 6.45) is 2.01. The van der Waals surface area contributed by atoms with Gasteiger partial charge in [-0.3, -0.25) is 19.2 Å². The molecule has 13 heteroatoms. The van der Waals surface area contributed by atoms with E-state index in [1.54, 1.807) is 30.8 Å². The highest BCUT2D eigenvalue weighted by Gasteiger charge is 2.52. The Kier molecular flexibility index (Phi) is 16.0. The molecule has 2 aliphatic rings. The van der Waals surface area contributed by atoms with E-state index >= 15 is 0 Å². The van der Waals surface area contributed by atoms with Crippen LogP contribution in [0.1, 0.15) is 73.3 Å². The lowest BCUT2D eigenvalue weighted by Crippen LogP contribution is -2.59. The number of likely N-dealkylation sites (tertiary alicyclic amines) is 1. The van der Waals surface area contributed by atoms with Crippen molar-refractivity contribution < 1.29 is 38.6 Å². The predicted octanol–water partition coefficient (Wildman–Crippen LogP) is 3.23. The fourth-order valence-corrected chi connectivity index (χ4v) is 7.71. The summed E-state index contributed by atoms with van der Waals surface area (Å²) in [5.74, 6) is -3.27. The second kappa shape index (κ2) is 19.5. The molecule has 1 fully saturated rings. The Morgan fingerprint density at radius 3 is 2.06 bits per heavy atom. The van der Waals surface area contributed by atoms with Crippen molar-refractivity contribution in [2.75, 3.05) is 28.3 Å². The van der Waals surface area contributed by atoms with Gasteiger partial charge in [0.05, 0.1) is 42.7 Å². The van der Waals surface area contributed by atoms with Crippen LogP contribution in [0.5, 0.6) is 0 Å². The molecule has 0 spiro atoms. The zero-order chi connectivity index (χ0) is 39.7. The van der Waals surface area contributed by atoms with Gasteiger partial charge in [0.25, 0.3) is 0 Å². The van der Waals surface area contributed by atoms with Crippen LogP contribution >= 0.6 is 0 Å². The number of amides is 4. The molecule has 1 aromatic carbocycles. The Balaban J connectivity index is 1.80. The summed E-state index contributed by atoms with van der Waals surface area (Å²) >= 11 is 0. The Labute approximate surface area is 315 Å². The van der Waals surface area contributed by atoms with Crippen LogP contribution in [0.4, 0.5) is 0 Å². The van der Waals surface area contributed by atoms with Crippen molar-refractivity contribution in [2.45, 2.75) is 117 Å². The average Bonchev–Trinajstić information content (AvgIpc) is 3.78. The van der Waals surface area contributed by atoms with Crippen LogP contribution in [0, 0.1) is 29.6 Å². The smallest absolute Gasteiger partial charge is 0.326 e. The summed E-state index contributed by atoms with van der Waals surface area (Å²) < 4.78 is 11.9. The first-order chi connectivity index (χ1) is 25.0. The van der Waals surface area contributed by atoms with Crippen LogP contribution in [0.25, 0.3) is 0 Å². The van der Waals surface area contributed by atoms with Gasteiger partial charge in [-0.2, -0.15) is 0 Å². The van der Waals surface area contributed by atoms with Crippen molar-refractivity contribution in [1.29, 1.82) is 0 Å². The van der Waals surface area contributed by atoms with Crippen molar-refractivity contribution in [1.82, 2.24) is 25.8 Å². The number of fused-ring (bicyclic) bond motifs is 1. The van der Waals surface area contributed by atoms with Gasteiger partial charge in [0, 0.05) is 39.3 Å². The lowest BCUT2D eigenvalue weighted by Gasteiger charge is -2.41. The molecule has 1 heterocycles. The van der Waals surface area contributed by atoms with Crippen LogP contribution in [0.3, 0.4) is 0 Å². The number of aliphatic carboxylic acids is 1. The van der Waals surface area contributed by atoms with Crippen LogP contribution in [0.15, 0.2) is 42.1 Å². The fraction of sp³-hybridized carbons (Fsp3) is 0.675. The number of allylic oxidation sites excluding steroid dienone is 2. The van der Waals surface area contributed by atoms with Crippen molar-refractivity contribution >= 4 is 29.6 Å². The number of nitrogens with one attached hydrogen (secondary N) is 3. The first-order valence-electron chi connectivity index (χ1n) is 18.9. The number of rotatable bonds is 21. The molecule has 4 N–H and O–H groups in total.